The fourth-order valence-electron chi connectivity index (χ4n) is 2.75. The van der Waals surface area contributed by atoms with E-state index >= 15 is 0 Å². The maximum Gasteiger partial charge on any atom is 0.242 e. The van der Waals surface area contributed by atoms with Crippen LogP contribution in [-0.4, -0.2) is 35.1 Å². The van der Waals surface area contributed by atoms with Crippen LogP contribution in [0.3, 0.4) is 0 Å². The molecule has 150 valence electrons. The van der Waals surface area contributed by atoms with E-state index in [-0.39, 0.29) is 11.8 Å². The summed E-state index contributed by atoms with van der Waals surface area (Å²) >= 11 is 1.50. The van der Waals surface area contributed by atoms with Crippen molar-refractivity contribution in [3.8, 4) is 0 Å². The number of rotatable bonds is 9. The van der Waals surface area contributed by atoms with Gasteiger partial charge in [-0.05, 0) is 43.0 Å². The van der Waals surface area contributed by atoms with Crippen LogP contribution in [0.25, 0.3) is 0 Å². The molecular formula is C23H30N2O2S. The molecule has 0 aliphatic carbocycles. The molecule has 0 saturated heterocycles. The SMILES string of the molecule is Cc1ccccc1CN(C(=O)CSc1ccccc1)[C@@H](C)C(=O)NCC(C)C. The van der Waals surface area contributed by atoms with Crippen LogP contribution in [0.1, 0.15) is 31.9 Å². The molecule has 1 N–H and O–H groups in total. The summed E-state index contributed by atoms with van der Waals surface area (Å²) in [5.41, 5.74) is 2.18. The topological polar surface area (TPSA) is 49.4 Å². The van der Waals surface area contributed by atoms with Crippen LogP contribution in [0.4, 0.5) is 0 Å². The number of hydrogen-bond donors (Lipinski definition) is 1. The molecule has 0 aliphatic rings. The van der Waals surface area contributed by atoms with Gasteiger partial charge in [-0.1, -0.05) is 56.3 Å². The number of aryl methyl sites for hydroxylation is 1. The molecule has 2 aromatic carbocycles. The first-order valence-electron chi connectivity index (χ1n) is 9.68. The van der Waals surface area contributed by atoms with Gasteiger partial charge in [-0.15, -0.1) is 11.8 Å². The summed E-state index contributed by atoms with van der Waals surface area (Å²) in [5, 5.41) is 2.95. The molecule has 28 heavy (non-hydrogen) atoms. The molecule has 0 aliphatic heterocycles. The summed E-state index contributed by atoms with van der Waals surface area (Å²) in [5.74, 6) is 0.521. The van der Waals surface area contributed by atoms with Crippen LogP contribution in [0.15, 0.2) is 59.5 Å². The lowest BCUT2D eigenvalue weighted by Gasteiger charge is -2.29. The van der Waals surface area contributed by atoms with Gasteiger partial charge < -0.3 is 10.2 Å². The van der Waals surface area contributed by atoms with Gasteiger partial charge in [0.25, 0.3) is 0 Å². The molecule has 0 spiro atoms. The van der Waals surface area contributed by atoms with Crippen LogP contribution in [-0.2, 0) is 16.1 Å². The largest absolute Gasteiger partial charge is 0.354 e. The maximum absolute atomic E-state index is 13.0. The number of benzene rings is 2. The highest BCUT2D eigenvalue weighted by Gasteiger charge is 2.26. The second-order valence-electron chi connectivity index (χ2n) is 7.36. The van der Waals surface area contributed by atoms with E-state index in [2.05, 4.69) is 19.2 Å². The number of hydrogen-bond acceptors (Lipinski definition) is 3. The van der Waals surface area contributed by atoms with Crippen molar-refractivity contribution in [3.63, 3.8) is 0 Å². The van der Waals surface area contributed by atoms with Crippen molar-refractivity contribution in [2.45, 2.75) is 45.2 Å². The van der Waals surface area contributed by atoms with E-state index in [4.69, 9.17) is 0 Å². The minimum atomic E-state index is -0.526. The zero-order valence-electron chi connectivity index (χ0n) is 17.1. The summed E-state index contributed by atoms with van der Waals surface area (Å²) < 4.78 is 0. The van der Waals surface area contributed by atoms with Crippen LogP contribution in [0.5, 0.6) is 0 Å². The van der Waals surface area contributed by atoms with Gasteiger partial charge in [0.2, 0.25) is 11.8 Å². The van der Waals surface area contributed by atoms with Crippen LogP contribution < -0.4 is 5.32 Å². The van der Waals surface area contributed by atoms with Crippen molar-refractivity contribution in [3.05, 3.63) is 65.7 Å². The Balaban J connectivity index is 2.13. The molecule has 0 bridgehead atoms. The number of amides is 2. The molecule has 2 amide bonds. The van der Waals surface area contributed by atoms with E-state index in [0.29, 0.717) is 24.8 Å². The molecule has 1 atom stereocenters. The summed E-state index contributed by atoms with van der Waals surface area (Å²) in [6, 6.07) is 17.3. The predicted molar refractivity (Wildman–Crippen MR) is 116 cm³/mol. The first-order valence-corrected chi connectivity index (χ1v) is 10.7. The Labute approximate surface area is 172 Å². The summed E-state index contributed by atoms with van der Waals surface area (Å²) in [6.07, 6.45) is 0. The molecule has 0 radical (unpaired) electrons. The number of thioether (sulfide) groups is 1. The Hall–Kier alpha value is -2.27. The molecule has 0 unspecified atom stereocenters. The smallest absolute Gasteiger partial charge is 0.242 e. The molecule has 0 fully saturated rings. The van der Waals surface area contributed by atoms with E-state index in [1.54, 1.807) is 11.8 Å². The van der Waals surface area contributed by atoms with E-state index < -0.39 is 6.04 Å². The molecule has 0 saturated carbocycles. The van der Waals surface area contributed by atoms with Crippen molar-refractivity contribution >= 4 is 23.6 Å². The van der Waals surface area contributed by atoms with E-state index in [0.717, 1.165) is 16.0 Å². The van der Waals surface area contributed by atoms with Gasteiger partial charge in [-0.25, -0.2) is 0 Å². The van der Waals surface area contributed by atoms with E-state index in [1.807, 2.05) is 61.5 Å². The zero-order chi connectivity index (χ0) is 20.5. The van der Waals surface area contributed by atoms with Crippen LogP contribution in [0.2, 0.25) is 0 Å². The highest BCUT2D eigenvalue weighted by molar-refractivity contribution is 8.00. The average molecular weight is 399 g/mol. The van der Waals surface area contributed by atoms with Crippen LogP contribution in [0, 0.1) is 12.8 Å². The first-order chi connectivity index (χ1) is 13.4. The fraction of sp³-hybridized carbons (Fsp3) is 0.391. The molecule has 5 heteroatoms. The Morgan fingerprint density at radius 3 is 2.29 bits per heavy atom. The second kappa shape index (κ2) is 10.9. The number of carbonyl (C=O) groups excluding carboxylic acids is 2. The third kappa shape index (κ3) is 6.71. The highest BCUT2D eigenvalue weighted by Crippen LogP contribution is 2.20. The van der Waals surface area contributed by atoms with Crippen molar-refractivity contribution in [1.82, 2.24) is 10.2 Å². The van der Waals surface area contributed by atoms with Gasteiger partial charge >= 0.3 is 0 Å². The molecular weight excluding hydrogens is 368 g/mol. The molecule has 2 rings (SSSR count). The Kier molecular flexibility index (Phi) is 8.58. The summed E-state index contributed by atoms with van der Waals surface area (Å²) in [7, 11) is 0. The van der Waals surface area contributed by atoms with Gasteiger partial charge in [-0.3, -0.25) is 9.59 Å². The second-order valence-corrected chi connectivity index (χ2v) is 8.41. The predicted octanol–water partition coefficient (Wildman–Crippen LogP) is 4.28. The Morgan fingerprint density at radius 1 is 1.00 bits per heavy atom. The minimum absolute atomic E-state index is 0.0377. The fourth-order valence-corrected chi connectivity index (χ4v) is 3.56. The van der Waals surface area contributed by atoms with Gasteiger partial charge in [0.05, 0.1) is 5.75 Å². The number of nitrogens with zero attached hydrogens (tertiary/aromatic N) is 1. The standard InChI is InChI=1S/C23H30N2O2S/c1-17(2)14-24-23(27)19(4)25(15-20-11-9-8-10-18(20)3)22(26)16-28-21-12-6-5-7-13-21/h5-13,17,19H,14-16H2,1-4H3,(H,24,27)/t19-/m0/s1. The van der Waals surface area contributed by atoms with Gasteiger partial charge in [0.1, 0.15) is 6.04 Å². The van der Waals surface area contributed by atoms with Crippen molar-refractivity contribution in [1.29, 1.82) is 0 Å². The number of nitrogens with one attached hydrogen (secondary N) is 1. The normalized spacial score (nSPS) is 11.9. The molecule has 2 aromatic rings. The lowest BCUT2D eigenvalue weighted by Crippen LogP contribution is -2.48. The highest BCUT2D eigenvalue weighted by atomic mass is 32.2. The maximum atomic E-state index is 13.0. The lowest BCUT2D eigenvalue weighted by atomic mass is 10.1. The molecule has 0 heterocycles. The zero-order valence-corrected chi connectivity index (χ0v) is 18.0. The Morgan fingerprint density at radius 2 is 1.64 bits per heavy atom. The Bertz CT molecular complexity index is 777. The third-order valence-corrected chi connectivity index (χ3v) is 5.56. The first kappa shape index (κ1) is 22.0. The van der Waals surface area contributed by atoms with Crippen molar-refractivity contribution < 1.29 is 9.59 Å². The number of carbonyl (C=O) groups is 2. The van der Waals surface area contributed by atoms with E-state index in [1.165, 1.54) is 11.8 Å². The monoisotopic (exact) mass is 398 g/mol. The van der Waals surface area contributed by atoms with Gasteiger partial charge in [0.15, 0.2) is 0 Å². The van der Waals surface area contributed by atoms with Crippen LogP contribution >= 0.6 is 11.8 Å². The van der Waals surface area contributed by atoms with Gasteiger partial charge in [0, 0.05) is 18.0 Å². The summed E-state index contributed by atoms with van der Waals surface area (Å²) in [6.45, 7) is 8.97. The quantitative estimate of drug-likeness (QED) is 0.642. The third-order valence-electron chi connectivity index (χ3n) is 4.56. The lowest BCUT2D eigenvalue weighted by molar-refractivity contribution is -0.138. The summed E-state index contributed by atoms with van der Waals surface area (Å²) in [4.78, 5) is 28.4. The molecule has 4 nitrogen and oxygen atoms in total. The van der Waals surface area contributed by atoms with E-state index in [9.17, 15) is 9.59 Å². The van der Waals surface area contributed by atoms with Crippen molar-refractivity contribution in [2.75, 3.05) is 12.3 Å². The van der Waals surface area contributed by atoms with Crippen molar-refractivity contribution in [2.24, 2.45) is 5.92 Å². The molecule has 0 aromatic heterocycles. The average Bonchev–Trinajstić information content (AvgIpc) is 2.69. The minimum Gasteiger partial charge on any atom is -0.354 e. The van der Waals surface area contributed by atoms with Gasteiger partial charge in [-0.2, -0.15) is 0 Å².